The van der Waals surface area contributed by atoms with Gasteiger partial charge in [0.15, 0.2) is 5.71 Å². The van der Waals surface area contributed by atoms with Crippen molar-refractivity contribution in [1.29, 1.82) is 0 Å². The van der Waals surface area contributed by atoms with E-state index in [1.54, 1.807) is 34.6 Å². The molecule has 0 radical (unpaired) electrons. The van der Waals surface area contributed by atoms with Gasteiger partial charge in [0.2, 0.25) is 0 Å². The molecule has 2 aliphatic carbocycles. The van der Waals surface area contributed by atoms with E-state index in [-0.39, 0.29) is 55.9 Å². The number of nitrogens with zero attached hydrogens (tertiary/aromatic N) is 2. The molecule has 42 heavy (non-hydrogen) atoms. The van der Waals surface area contributed by atoms with E-state index >= 15 is 0 Å². The second-order valence-corrected chi connectivity index (χ2v) is 11.6. The van der Waals surface area contributed by atoms with Crippen LogP contribution >= 0.6 is 0 Å². The number of hydrogen-bond acceptors (Lipinski definition) is 4. The predicted octanol–water partition coefficient (Wildman–Crippen LogP) is 6.78. The maximum Gasteiger partial charge on any atom is 0.338 e. The third-order valence-electron chi connectivity index (χ3n) is 7.36. The fourth-order valence-electron chi connectivity index (χ4n) is 5.44. The van der Waals surface area contributed by atoms with Gasteiger partial charge in [-0.3, -0.25) is 0 Å². The quantitative estimate of drug-likeness (QED) is 0.319. The molecule has 0 aromatic heterocycles. The Morgan fingerprint density at radius 2 is 1.69 bits per heavy atom. The molecule has 4 aliphatic rings. The first-order valence-electron chi connectivity index (χ1n) is 21.3. The molecule has 2 saturated heterocycles. The molecule has 2 aromatic carbocycles. The van der Waals surface area contributed by atoms with Crippen LogP contribution in [-0.2, 0) is 10.2 Å². The lowest BCUT2D eigenvalue weighted by Gasteiger charge is -2.40. The summed E-state index contributed by atoms with van der Waals surface area (Å²) in [5.41, 5.74) is -2.18. The van der Waals surface area contributed by atoms with E-state index < -0.39 is 74.4 Å². The molecule has 0 amide bonds. The zero-order valence-corrected chi connectivity index (χ0v) is 23.8. The first kappa shape index (κ1) is 15.0. The van der Waals surface area contributed by atoms with Crippen LogP contribution < -0.4 is 4.90 Å². The molecule has 0 bridgehead atoms. The summed E-state index contributed by atoms with van der Waals surface area (Å²) in [5, 5.41) is 10.5. The van der Waals surface area contributed by atoms with Gasteiger partial charge in [-0.1, -0.05) is 19.9 Å². The number of carboxylic acid groups (broad SMARTS) is 1. The van der Waals surface area contributed by atoms with E-state index in [1.807, 2.05) is 0 Å². The highest BCUT2D eigenvalue weighted by atomic mass is 16.6. The van der Waals surface area contributed by atoms with Gasteiger partial charge < -0.3 is 14.7 Å². The van der Waals surface area contributed by atoms with E-state index in [2.05, 4.69) is 0 Å². The minimum atomic E-state index is -3.38. The van der Waals surface area contributed by atoms with Crippen LogP contribution in [0.4, 0.5) is 5.69 Å². The lowest BCUT2D eigenvalue weighted by Crippen LogP contribution is -2.31. The number of hydrogen-bond donors (Lipinski definition) is 1. The van der Waals surface area contributed by atoms with Gasteiger partial charge in [0.1, 0.15) is 24.1 Å². The van der Waals surface area contributed by atoms with Gasteiger partial charge in [0, 0.05) is 65.4 Å². The number of fused-ring (bicyclic) bond motifs is 2. The molecule has 0 atom stereocenters. The van der Waals surface area contributed by atoms with Crippen molar-refractivity contribution in [2.45, 2.75) is 71.1 Å². The number of carboxylic acids is 1. The van der Waals surface area contributed by atoms with Crippen molar-refractivity contribution in [1.82, 2.24) is 0 Å². The number of esters is 1. The summed E-state index contributed by atoms with van der Waals surface area (Å²) >= 11 is 0. The van der Waals surface area contributed by atoms with Crippen LogP contribution in [0.2, 0.25) is 0 Å². The van der Waals surface area contributed by atoms with Crippen LogP contribution in [-0.4, -0.2) is 58.9 Å². The number of aromatic carboxylic acids is 1. The van der Waals surface area contributed by atoms with Crippen LogP contribution in [0.25, 0.3) is 5.57 Å². The molecule has 1 N–H and O–H groups in total. The number of carbonyl (C=O) groups is 2. The Morgan fingerprint density at radius 3 is 2.36 bits per heavy atom. The van der Waals surface area contributed by atoms with Gasteiger partial charge in [-0.2, -0.15) is 0 Å². The average Bonchev–Trinajstić information content (AvgIpc) is 3.19. The average molecular weight is 582 g/mol. The third kappa shape index (κ3) is 5.01. The summed E-state index contributed by atoms with van der Waals surface area (Å²) in [7, 11) is 0. The van der Waals surface area contributed by atoms with Crippen molar-refractivity contribution in [2.75, 3.05) is 30.9 Å². The second kappa shape index (κ2) is 10.4. The summed E-state index contributed by atoms with van der Waals surface area (Å²) in [5.74, 6) is -2.21. The number of benzene rings is 2. The minimum Gasteiger partial charge on any atom is -0.478 e. The van der Waals surface area contributed by atoms with Crippen LogP contribution in [0, 0.1) is 0 Å². The monoisotopic (exact) mass is 581 g/mol. The van der Waals surface area contributed by atoms with Gasteiger partial charge in [-0.05, 0) is 103 Å². The Hall–Kier alpha value is -3.93. The molecule has 218 valence electrons. The highest BCUT2D eigenvalue weighted by molar-refractivity contribution is 6.08. The third-order valence-corrected chi connectivity index (χ3v) is 7.36. The first-order valence-corrected chi connectivity index (χ1v) is 13.3. The molecular formula is C36H41N2O4+. The van der Waals surface area contributed by atoms with Crippen LogP contribution in [0.5, 0.6) is 0 Å². The lowest BCUT2D eigenvalue weighted by atomic mass is 9.64. The largest absolute Gasteiger partial charge is 0.478 e. The summed E-state index contributed by atoms with van der Waals surface area (Å²) in [4.78, 5) is 26.6. The SMILES string of the molecule is [2H]C1([2H])N(c2ccc3c(c2)C(C)(C)C2=CC(=[N+]4C([2H])([2H])C([2H])([2H])C([2H])([2H])C4([2H])[2H])C=CC2=C3c2cc(C(=O)OC(C)(C)C)ccc2C(=O)O)C([2H])([2H])C([2H])([2H])C1([2H])[2H]. The Labute approximate surface area is 271 Å². The van der Waals surface area contributed by atoms with Crippen molar-refractivity contribution in [3.63, 3.8) is 0 Å². The Kier molecular flexibility index (Phi) is 3.72. The van der Waals surface area contributed by atoms with E-state index in [1.165, 1.54) is 54.6 Å². The zero-order valence-electron chi connectivity index (χ0n) is 39.8. The van der Waals surface area contributed by atoms with Crippen molar-refractivity contribution in [3.05, 3.63) is 93.6 Å². The van der Waals surface area contributed by atoms with Crippen molar-refractivity contribution in [2.24, 2.45) is 0 Å². The number of allylic oxidation sites excluding steroid dienone is 5. The van der Waals surface area contributed by atoms with Gasteiger partial charge in [0.05, 0.1) is 11.1 Å². The second-order valence-electron chi connectivity index (χ2n) is 11.6. The highest BCUT2D eigenvalue weighted by Gasteiger charge is 2.40. The standard InChI is InChI=1S/C36H40N2O4/c1-35(2,3)42-34(41)23-10-13-26(33(39)40)29(20-23)32-27-14-11-24(37-16-6-7-17-37)21-30(27)36(4,5)31-22-25(12-15-28(31)32)38-18-8-9-19-38/h10-15,20-22H,6-9,16-19H2,1-5H3/p+1/i6D2,7D2,8D2,9D2,16D2,17D2,18D2,19D2. The number of carbonyl (C=O) groups excluding carboxylic acids is 1. The first-order chi connectivity index (χ1) is 26.0. The molecule has 2 fully saturated rings. The summed E-state index contributed by atoms with van der Waals surface area (Å²) in [6.07, 6.45) is -9.59. The van der Waals surface area contributed by atoms with Gasteiger partial charge >= 0.3 is 11.9 Å². The van der Waals surface area contributed by atoms with Crippen LogP contribution in [0.3, 0.4) is 0 Å². The molecule has 0 unspecified atom stereocenters. The molecule has 2 aromatic rings. The van der Waals surface area contributed by atoms with Crippen molar-refractivity contribution >= 4 is 28.9 Å². The number of rotatable bonds is 4. The van der Waals surface area contributed by atoms with Crippen LogP contribution in [0.1, 0.15) is 119 Å². The Balaban J connectivity index is 1.73. The minimum absolute atomic E-state index is 0.0339. The molecule has 6 nitrogen and oxygen atoms in total. The zero-order chi connectivity index (χ0) is 44.2. The predicted molar refractivity (Wildman–Crippen MR) is 167 cm³/mol. The summed E-state index contributed by atoms with van der Waals surface area (Å²) in [6.45, 7) is -4.88. The summed E-state index contributed by atoms with van der Waals surface area (Å²) in [6, 6.07) is 7.68. The topological polar surface area (TPSA) is 69.8 Å². The van der Waals surface area contributed by atoms with Gasteiger partial charge in [-0.25, -0.2) is 14.2 Å². The molecule has 0 spiro atoms. The van der Waals surface area contributed by atoms with Crippen molar-refractivity contribution in [3.8, 4) is 0 Å². The highest BCUT2D eigenvalue weighted by Crippen LogP contribution is 2.51. The maximum absolute atomic E-state index is 13.4. The molecule has 6 rings (SSSR count). The number of anilines is 1. The fourth-order valence-corrected chi connectivity index (χ4v) is 5.44. The molecule has 6 heteroatoms. The fraction of sp³-hybridized carbons (Fsp3) is 0.417. The molecule has 2 heterocycles. The summed E-state index contributed by atoms with van der Waals surface area (Å²) < 4.78 is 142. The van der Waals surface area contributed by atoms with E-state index in [9.17, 15) is 14.7 Å². The van der Waals surface area contributed by atoms with E-state index in [4.69, 9.17) is 26.7 Å². The molecule has 2 aliphatic heterocycles. The van der Waals surface area contributed by atoms with E-state index in [0.29, 0.717) is 9.48 Å². The Bertz CT molecular complexity index is 2260. The van der Waals surface area contributed by atoms with Crippen molar-refractivity contribution < 1.29 is 45.9 Å². The molecule has 0 saturated carbocycles. The lowest BCUT2D eigenvalue weighted by molar-refractivity contribution is -0.504. The van der Waals surface area contributed by atoms with Gasteiger partial charge in [-0.15, -0.1) is 0 Å². The van der Waals surface area contributed by atoms with Gasteiger partial charge in [0.25, 0.3) is 0 Å². The van der Waals surface area contributed by atoms with E-state index in [0.717, 1.165) is 0 Å². The smallest absolute Gasteiger partial charge is 0.338 e. The number of ether oxygens (including phenoxy) is 1. The maximum atomic E-state index is 13.4. The molecular weight excluding hydrogens is 524 g/mol. The Morgan fingerprint density at radius 1 is 0.976 bits per heavy atom. The van der Waals surface area contributed by atoms with Crippen LogP contribution in [0.15, 0.2) is 65.8 Å². The normalized spacial score (nSPS) is 34.8.